The molecule has 0 spiro atoms. The van der Waals surface area contributed by atoms with Gasteiger partial charge in [-0.15, -0.1) is 0 Å². The lowest BCUT2D eigenvalue weighted by atomic mass is 10.2. The molecule has 3 N–H and O–H groups in total. The summed E-state index contributed by atoms with van der Waals surface area (Å²) in [6.45, 7) is 3.83. The van der Waals surface area contributed by atoms with E-state index in [1.807, 2.05) is 6.07 Å². The highest BCUT2D eigenvalue weighted by atomic mass is 19.1. The molecule has 1 aliphatic rings. The zero-order chi connectivity index (χ0) is 18.8. The number of aromatic nitrogens is 2. The molecule has 0 radical (unpaired) electrons. The second-order valence-corrected chi connectivity index (χ2v) is 6.68. The fourth-order valence-electron chi connectivity index (χ4n) is 3.22. The first kappa shape index (κ1) is 17.5. The molecule has 4 rings (SSSR count). The summed E-state index contributed by atoms with van der Waals surface area (Å²) in [5, 5.41) is 6.23. The van der Waals surface area contributed by atoms with E-state index in [4.69, 9.17) is 4.42 Å². The fourth-order valence-corrected chi connectivity index (χ4v) is 3.22. The van der Waals surface area contributed by atoms with Gasteiger partial charge in [0.25, 0.3) is 5.91 Å². The highest BCUT2D eigenvalue weighted by Crippen LogP contribution is 2.22. The summed E-state index contributed by atoms with van der Waals surface area (Å²) in [5.41, 5.74) is 4.17. The summed E-state index contributed by atoms with van der Waals surface area (Å²) in [6, 6.07) is 7.86. The van der Waals surface area contributed by atoms with Crippen molar-refractivity contribution in [1.82, 2.24) is 20.6 Å². The number of rotatable bonds is 4. The number of fused-ring (bicyclic) bond motifs is 1. The molecule has 1 aromatic carbocycles. The van der Waals surface area contributed by atoms with E-state index in [0.717, 1.165) is 37.2 Å². The first-order valence-electron chi connectivity index (χ1n) is 9.02. The van der Waals surface area contributed by atoms with Gasteiger partial charge in [0, 0.05) is 17.8 Å². The summed E-state index contributed by atoms with van der Waals surface area (Å²) in [6.07, 6.45) is 2.00. The Morgan fingerprint density at radius 3 is 2.96 bits per heavy atom. The van der Waals surface area contributed by atoms with Crippen LogP contribution in [0, 0.1) is 12.7 Å². The molecule has 0 atom stereocenters. The number of carbonyl (C=O) groups is 1. The number of nitrogens with zero attached hydrogens (tertiary/aromatic N) is 1. The molecule has 1 amide bonds. The molecule has 2 aromatic heterocycles. The van der Waals surface area contributed by atoms with Crippen LogP contribution >= 0.6 is 0 Å². The van der Waals surface area contributed by atoms with Crippen LogP contribution < -0.4 is 10.6 Å². The molecular weight excluding hydrogens is 347 g/mol. The second kappa shape index (κ2) is 7.36. The molecule has 7 heteroatoms. The van der Waals surface area contributed by atoms with Gasteiger partial charge in [-0.1, -0.05) is 0 Å². The van der Waals surface area contributed by atoms with Crippen molar-refractivity contribution in [2.75, 3.05) is 6.54 Å². The van der Waals surface area contributed by atoms with Gasteiger partial charge >= 0.3 is 0 Å². The number of aromatic amines is 1. The van der Waals surface area contributed by atoms with Gasteiger partial charge in [-0.25, -0.2) is 9.37 Å². The van der Waals surface area contributed by atoms with E-state index in [9.17, 15) is 9.18 Å². The minimum Gasteiger partial charge on any atom is -0.441 e. The Kier molecular flexibility index (Phi) is 4.77. The standard InChI is InChI=1S/C20H21FN4O2/c1-12-18(25-20(27-12)13-4-6-15(21)7-5-13)11-23-19(26)17-9-14-10-22-8-2-3-16(14)24-17/h4-7,9,22,24H,2-3,8,10-11H2,1H3,(H,23,26). The Hall–Kier alpha value is -2.93. The van der Waals surface area contributed by atoms with Crippen LogP contribution in [0.5, 0.6) is 0 Å². The third-order valence-electron chi connectivity index (χ3n) is 4.73. The second-order valence-electron chi connectivity index (χ2n) is 6.68. The van der Waals surface area contributed by atoms with Gasteiger partial charge in [0.15, 0.2) is 0 Å². The smallest absolute Gasteiger partial charge is 0.268 e. The maximum absolute atomic E-state index is 13.1. The monoisotopic (exact) mass is 368 g/mol. The van der Waals surface area contributed by atoms with E-state index >= 15 is 0 Å². The predicted octanol–water partition coefficient (Wildman–Crippen LogP) is 3.08. The Balaban J connectivity index is 1.44. The number of amides is 1. The zero-order valence-corrected chi connectivity index (χ0v) is 15.1. The van der Waals surface area contributed by atoms with Crippen LogP contribution in [0.4, 0.5) is 4.39 Å². The van der Waals surface area contributed by atoms with Crippen LogP contribution in [0.15, 0.2) is 34.7 Å². The summed E-state index contributed by atoms with van der Waals surface area (Å²) in [7, 11) is 0. The van der Waals surface area contributed by atoms with E-state index in [2.05, 4.69) is 20.6 Å². The minimum absolute atomic E-state index is 0.172. The first-order valence-corrected chi connectivity index (χ1v) is 9.02. The van der Waals surface area contributed by atoms with Crippen molar-refractivity contribution < 1.29 is 13.6 Å². The number of H-pyrrole nitrogens is 1. The minimum atomic E-state index is -0.311. The number of halogens is 1. The first-order chi connectivity index (χ1) is 13.1. The summed E-state index contributed by atoms with van der Waals surface area (Å²) < 4.78 is 18.7. The van der Waals surface area contributed by atoms with Gasteiger partial charge in [0.2, 0.25) is 5.89 Å². The Morgan fingerprint density at radius 1 is 1.33 bits per heavy atom. The molecule has 0 saturated heterocycles. The van der Waals surface area contributed by atoms with Crippen LogP contribution in [-0.2, 0) is 19.5 Å². The van der Waals surface area contributed by atoms with E-state index in [1.54, 1.807) is 19.1 Å². The normalized spacial score (nSPS) is 13.9. The van der Waals surface area contributed by atoms with Crippen molar-refractivity contribution in [3.8, 4) is 11.5 Å². The molecule has 3 aromatic rings. The van der Waals surface area contributed by atoms with E-state index < -0.39 is 0 Å². The summed E-state index contributed by atoms with van der Waals surface area (Å²) >= 11 is 0. The van der Waals surface area contributed by atoms with Gasteiger partial charge in [-0.3, -0.25) is 4.79 Å². The molecule has 140 valence electrons. The van der Waals surface area contributed by atoms with Gasteiger partial charge in [-0.05, 0) is 62.2 Å². The SMILES string of the molecule is Cc1oc(-c2ccc(F)cc2)nc1CNC(=O)c1cc2c([nH]1)CCCNC2. The Labute approximate surface area is 156 Å². The highest BCUT2D eigenvalue weighted by molar-refractivity contribution is 5.92. The number of benzene rings is 1. The lowest BCUT2D eigenvalue weighted by Gasteiger charge is -2.02. The largest absolute Gasteiger partial charge is 0.441 e. The van der Waals surface area contributed by atoms with Gasteiger partial charge < -0.3 is 20.0 Å². The molecule has 0 unspecified atom stereocenters. The number of carbonyl (C=O) groups excluding carboxylic acids is 1. The number of hydrogen-bond donors (Lipinski definition) is 3. The van der Waals surface area contributed by atoms with Crippen molar-refractivity contribution in [2.45, 2.75) is 32.9 Å². The Bertz CT molecular complexity index is 936. The average Bonchev–Trinajstić information content (AvgIpc) is 3.17. The molecule has 1 aliphatic heterocycles. The maximum atomic E-state index is 13.1. The Morgan fingerprint density at radius 2 is 2.15 bits per heavy atom. The fraction of sp³-hybridized carbons (Fsp3) is 0.300. The predicted molar refractivity (Wildman–Crippen MR) is 98.6 cm³/mol. The lowest BCUT2D eigenvalue weighted by Crippen LogP contribution is -2.23. The highest BCUT2D eigenvalue weighted by Gasteiger charge is 2.17. The van der Waals surface area contributed by atoms with Crippen LogP contribution in [0.2, 0.25) is 0 Å². The van der Waals surface area contributed by atoms with Crippen LogP contribution in [-0.4, -0.2) is 22.4 Å². The van der Waals surface area contributed by atoms with Crippen molar-refractivity contribution in [3.63, 3.8) is 0 Å². The molecule has 0 saturated carbocycles. The number of hydrogen-bond acceptors (Lipinski definition) is 4. The molecular formula is C20H21FN4O2. The number of aryl methyl sites for hydroxylation is 2. The topological polar surface area (TPSA) is 83.0 Å². The van der Waals surface area contributed by atoms with Crippen molar-refractivity contribution >= 4 is 5.91 Å². The van der Waals surface area contributed by atoms with Gasteiger partial charge in [0.1, 0.15) is 23.0 Å². The molecule has 6 nitrogen and oxygen atoms in total. The number of nitrogens with one attached hydrogen (secondary N) is 3. The van der Waals surface area contributed by atoms with Gasteiger partial charge in [0.05, 0.1) is 6.54 Å². The van der Waals surface area contributed by atoms with Gasteiger partial charge in [-0.2, -0.15) is 0 Å². The molecule has 3 heterocycles. The van der Waals surface area contributed by atoms with E-state index in [-0.39, 0.29) is 18.3 Å². The lowest BCUT2D eigenvalue weighted by molar-refractivity contribution is 0.0946. The third kappa shape index (κ3) is 3.78. The van der Waals surface area contributed by atoms with Crippen molar-refractivity contribution in [1.29, 1.82) is 0 Å². The molecule has 27 heavy (non-hydrogen) atoms. The zero-order valence-electron chi connectivity index (χ0n) is 15.1. The maximum Gasteiger partial charge on any atom is 0.268 e. The molecule has 0 bridgehead atoms. The molecule has 0 fully saturated rings. The van der Waals surface area contributed by atoms with E-state index in [0.29, 0.717) is 28.6 Å². The third-order valence-corrected chi connectivity index (χ3v) is 4.73. The average molecular weight is 368 g/mol. The van der Waals surface area contributed by atoms with Crippen molar-refractivity contribution in [3.05, 3.63) is 64.6 Å². The van der Waals surface area contributed by atoms with Crippen LogP contribution in [0.3, 0.4) is 0 Å². The number of oxazole rings is 1. The van der Waals surface area contributed by atoms with E-state index in [1.165, 1.54) is 12.1 Å². The van der Waals surface area contributed by atoms with Crippen LogP contribution in [0.25, 0.3) is 11.5 Å². The van der Waals surface area contributed by atoms with Crippen molar-refractivity contribution in [2.24, 2.45) is 0 Å². The van der Waals surface area contributed by atoms with Crippen LogP contribution in [0.1, 0.15) is 39.6 Å². The molecule has 0 aliphatic carbocycles. The summed E-state index contributed by atoms with van der Waals surface area (Å²) in [5.74, 6) is 0.554. The quantitative estimate of drug-likeness (QED) is 0.661. The summed E-state index contributed by atoms with van der Waals surface area (Å²) in [4.78, 5) is 20.1.